The van der Waals surface area contributed by atoms with Gasteiger partial charge >= 0.3 is 11.9 Å². The molecule has 0 saturated heterocycles. The van der Waals surface area contributed by atoms with Crippen molar-refractivity contribution in [1.82, 2.24) is 0 Å². The molecule has 0 bridgehead atoms. The van der Waals surface area contributed by atoms with Gasteiger partial charge < -0.3 is 35.7 Å². The number of carboxylic acids is 2. The topological polar surface area (TPSA) is 176 Å². The number of aromatic hydroxyl groups is 5. The third-order valence-electron chi connectivity index (χ3n) is 9.75. The third-order valence-corrected chi connectivity index (χ3v) is 9.75. The Morgan fingerprint density at radius 2 is 0.789 bits per heavy atom. The van der Waals surface area contributed by atoms with Gasteiger partial charge in [-0.05, 0) is 117 Å². The van der Waals surface area contributed by atoms with E-state index in [1.54, 1.807) is 36.4 Å². The van der Waals surface area contributed by atoms with Crippen molar-refractivity contribution in [2.45, 2.75) is 12.8 Å². The molecule has 0 fully saturated rings. The first-order valence-corrected chi connectivity index (χ1v) is 17.9. The standard InChI is InChI=1S/C24H18O5.C24H18O4/c25-21-7-6-15(9-17(21)8-14-4-2-1-3-5-14)16-10-19-20(22(26)12-16)11-18(24(28)29)13-23(19)27;25-22-9-8-16(11-19(22)10-15-4-2-1-3-5-15)17-6-7-18-12-20(24(27)28)14-23(26)21(18)13-17/h1-7,9-13,25-27H,8H2,(H,28,29);1-9,11-14,25-26H,10H2,(H,27,28). The predicted octanol–water partition coefficient (Wildman–Crippen LogP) is 10.1. The summed E-state index contributed by atoms with van der Waals surface area (Å²) in [6, 6.07) is 44.3. The molecule has 0 aliphatic carbocycles. The number of carbonyl (C=O) groups is 2. The molecule has 0 saturated carbocycles. The lowest BCUT2D eigenvalue weighted by atomic mass is 9.95. The summed E-state index contributed by atoms with van der Waals surface area (Å²) >= 11 is 0. The van der Waals surface area contributed by atoms with Crippen LogP contribution in [0.3, 0.4) is 0 Å². The number of aromatic carboxylic acids is 2. The van der Waals surface area contributed by atoms with Gasteiger partial charge in [0.05, 0.1) is 11.1 Å². The zero-order chi connectivity index (χ0) is 40.2. The fraction of sp³-hybridized carbons (Fsp3) is 0.0417. The molecule has 8 aromatic rings. The van der Waals surface area contributed by atoms with Crippen LogP contribution in [0.4, 0.5) is 0 Å². The molecular formula is C48H36O9. The van der Waals surface area contributed by atoms with E-state index in [-0.39, 0.29) is 45.3 Å². The van der Waals surface area contributed by atoms with E-state index < -0.39 is 11.9 Å². The minimum absolute atomic E-state index is 0.0486. The third kappa shape index (κ3) is 8.33. The van der Waals surface area contributed by atoms with Gasteiger partial charge in [-0.3, -0.25) is 0 Å². The number of benzene rings is 8. The number of fused-ring (bicyclic) bond motifs is 2. The SMILES string of the molecule is O=C(O)c1cc(O)c2cc(-c3ccc(O)c(Cc4ccccc4)c3)cc(O)c2c1.O=C(O)c1cc(O)c2cc(-c3ccc(O)c(Cc4ccccc4)c3)ccc2c1. The van der Waals surface area contributed by atoms with Gasteiger partial charge in [0.15, 0.2) is 0 Å². The highest BCUT2D eigenvalue weighted by molar-refractivity contribution is 6.02. The number of hydrogen-bond acceptors (Lipinski definition) is 7. The molecule has 0 heterocycles. The van der Waals surface area contributed by atoms with Crippen LogP contribution in [0.25, 0.3) is 43.8 Å². The number of phenolic OH excluding ortho intramolecular Hbond substituents is 5. The average molecular weight is 757 g/mol. The van der Waals surface area contributed by atoms with Crippen molar-refractivity contribution in [3.8, 4) is 51.0 Å². The van der Waals surface area contributed by atoms with Crippen LogP contribution in [0.2, 0.25) is 0 Å². The second kappa shape index (κ2) is 15.9. The summed E-state index contributed by atoms with van der Waals surface area (Å²) in [7, 11) is 0. The zero-order valence-electron chi connectivity index (χ0n) is 30.3. The van der Waals surface area contributed by atoms with Gasteiger partial charge in [0.1, 0.15) is 28.7 Å². The second-order valence-corrected chi connectivity index (χ2v) is 13.6. The van der Waals surface area contributed by atoms with Crippen LogP contribution in [0.5, 0.6) is 28.7 Å². The first-order chi connectivity index (χ1) is 27.4. The van der Waals surface area contributed by atoms with E-state index in [0.29, 0.717) is 34.6 Å². The second-order valence-electron chi connectivity index (χ2n) is 13.6. The van der Waals surface area contributed by atoms with Crippen LogP contribution in [0, 0.1) is 0 Å². The summed E-state index contributed by atoms with van der Waals surface area (Å²) in [5, 5.41) is 71.6. The Balaban J connectivity index is 0.000000174. The van der Waals surface area contributed by atoms with Gasteiger partial charge in [0, 0.05) is 29.0 Å². The molecule has 9 nitrogen and oxygen atoms in total. The molecule has 0 atom stereocenters. The zero-order valence-corrected chi connectivity index (χ0v) is 30.3. The average Bonchev–Trinajstić information content (AvgIpc) is 3.20. The summed E-state index contributed by atoms with van der Waals surface area (Å²) in [6.45, 7) is 0. The quantitative estimate of drug-likeness (QED) is 0.0795. The summed E-state index contributed by atoms with van der Waals surface area (Å²) in [5.74, 6) is -2.27. The van der Waals surface area contributed by atoms with Gasteiger partial charge in [-0.15, -0.1) is 0 Å². The van der Waals surface area contributed by atoms with Gasteiger partial charge in [-0.25, -0.2) is 9.59 Å². The Morgan fingerprint density at radius 3 is 1.33 bits per heavy atom. The highest BCUT2D eigenvalue weighted by Crippen LogP contribution is 2.39. The smallest absolute Gasteiger partial charge is 0.335 e. The fourth-order valence-electron chi connectivity index (χ4n) is 6.80. The molecule has 9 heteroatoms. The van der Waals surface area contributed by atoms with Crippen molar-refractivity contribution < 1.29 is 45.3 Å². The van der Waals surface area contributed by atoms with Crippen LogP contribution in [0.15, 0.2) is 152 Å². The first-order valence-electron chi connectivity index (χ1n) is 17.9. The highest BCUT2D eigenvalue weighted by Gasteiger charge is 2.15. The summed E-state index contributed by atoms with van der Waals surface area (Å²) in [5.41, 5.74) is 6.84. The number of phenols is 5. The van der Waals surface area contributed by atoms with Crippen molar-refractivity contribution in [1.29, 1.82) is 0 Å². The molecule has 0 spiro atoms. The largest absolute Gasteiger partial charge is 0.508 e. The van der Waals surface area contributed by atoms with E-state index >= 15 is 0 Å². The summed E-state index contributed by atoms with van der Waals surface area (Å²) in [4.78, 5) is 22.4. The number of carboxylic acid groups (broad SMARTS) is 2. The molecule has 0 radical (unpaired) electrons. The minimum atomic E-state index is -1.19. The number of rotatable bonds is 8. The molecule has 8 aromatic carbocycles. The molecule has 0 aromatic heterocycles. The lowest BCUT2D eigenvalue weighted by Gasteiger charge is -2.12. The maximum atomic E-state index is 11.2. The Labute approximate surface area is 326 Å². The maximum absolute atomic E-state index is 11.2. The minimum Gasteiger partial charge on any atom is -0.508 e. The van der Waals surface area contributed by atoms with Gasteiger partial charge in [0.25, 0.3) is 0 Å². The lowest BCUT2D eigenvalue weighted by molar-refractivity contribution is 0.0686. The van der Waals surface area contributed by atoms with E-state index in [9.17, 15) is 35.1 Å². The Kier molecular flexibility index (Phi) is 10.5. The number of hydrogen-bond donors (Lipinski definition) is 7. The predicted molar refractivity (Wildman–Crippen MR) is 220 cm³/mol. The molecule has 8 rings (SSSR count). The monoisotopic (exact) mass is 756 g/mol. The van der Waals surface area contributed by atoms with Crippen molar-refractivity contribution in [2.75, 3.05) is 0 Å². The highest BCUT2D eigenvalue weighted by atomic mass is 16.4. The van der Waals surface area contributed by atoms with E-state index in [1.807, 2.05) is 91.0 Å². The molecule has 57 heavy (non-hydrogen) atoms. The molecular weight excluding hydrogens is 721 g/mol. The fourth-order valence-corrected chi connectivity index (χ4v) is 6.80. The van der Waals surface area contributed by atoms with Crippen LogP contribution >= 0.6 is 0 Å². The van der Waals surface area contributed by atoms with Gasteiger partial charge in [0.2, 0.25) is 0 Å². The van der Waals surface area contributed by atoms with Crippen LogP contribution in [-0.2, 0) is 12.8 Å². The Bertz CT molecular complexity index is 2800. The Morgan fingerprint density at radius 1 is 0.368 bits per heavy atom. The molecule has 0 aliphatic heterocycles. The van der Waals surface area contributed by atoms with Crippen LogP contribution < -0.4 is 0 Å². The van der Waals surface area contributed by atoms with Gasteiger partial charge in [-0.1, -0.05) is 84.9 Å². The molecule has 7 N–H and O–H groups in total. The van der Waals surface area contributed by atoms with Crippen molar-refractivity contribution in [2.24, 2.45) is 0 Å². The first kappa shape index (κ1) is 37.5. The lowest BCUT2D eigenvalue weighted by Crippen LogP contribution is -1.96. The normalized spacial score (nSPS) is 10.9. The van der Waals surface area contributed by atoms with Gasteiger partial charge in [-0.2, -0.15) is 0 Å². The van der Waals surface area contributed by atoms with Crippen molar-refractivity contribution >= 4 is 33.5 Å². The van der Waals surface area contributed by atoms with E-state index in [0.717, 1.165) is 45.0 Å². The summed E-state index contributed by atoms with van der Waals surface area (Å²) in [6.07, 6.45) is 1.16. The van der Waals surface area contributed by atoms with E-state index in [1.165, 1.54) is 18.2 Å². The Hall–Kier alpha value is -7.78. The van der Waals surface area contributed by atoms with Crippen molar-refractivity contribution in [3.63, 3.8) is 0 Å². The molecule has 282 valence electrons. The summed E-state index contributed by atoms with van der Waals surface area (Å²) < 4.78 is 0. The van der Waals surface area contributed by atoms with E-state index in [4.69, 9.17) is 10.2 Å². The molecule has 0 aliphatic rings. The van der Waals surface area contributed by atoms with Crippen LogP contribution in [-0.4, -0.2) is 47.7 Å². The maximum Gasteiger partial charge on any atom is 0.335 e. The van der Waals surface area contributed by atoms with Crippen LogP contribution in [0.1, 0.15) is 43.0 Å². The van der Waals surface area contributed by atoms with E-state index in [2.05, 4.69) is 0 Å². The molecule has 0 unspecified atom stereocenters. The van der Waals surface area contributed by atoms with Crippen molar-refractivity contribution in [3.05, 3.63) is 185 Å². The molecule has 0 amide bonds.